The SMILES string of the molecule is CCCCc1ccc(N2C[C@@H](C(=O)Nc3ccc([N+](=O)[O-])cc3)CC2=O)cc1. The third-order valence-electron chi connectivity index (χ3n) is 4.91. The summed E-state index contributed by atoms with van der Waals surface area (Å²) in [5.41, 5.74) is 2.48. The third-order valence-corrected chi connectivity index (χ3v) is 4.91. The summed E-state index contributed by atoms with van der Waals surface area (Å²) in [5, 5.41) is 13.4. The van der Waals surface area contributed by atoms with Crippen molar-refractivity contribution >= 4 is 28.9 Å². The fourth-order valence-corrected chi connectivity index (χ4v) is 3.27. The molecule has 1 fully saturated rings. The molecule has 3 rings (SSSR count). The zero-order chi connectivity index (χ0) is 20.1. The number of hydrogen-bond acceptors (Lipinski definition) is 4. The van der Waals surface area contributed by atoms with E-state index < -0.39 is 10.8 Å². The van der Waals surface area contributed by atoms with Crippen molar-refractivity contribution in [1.29, 1.82) is 0 Å². The molecule has 1 aliphatic heterocycles. The van der Waals surface area contributed by atoms with E-state index in [4.69, 9.17) is 0 Å². The maximum Gasteiger partial charge on any atom is 0.269 e. The average Bonchev–Trinajstić information content (AvgIpc) is 3.09. The lowest BCUT2D eigenvalue weighted by atomic mass is 10.1. The molecule has 7 nitrogen and oxygen atoms in total. The summed E-state index contributed by atoms with van der Waals surface area (Å²) in [5.74, 6) is -0.795. The Morgan fingerprint density at radius 3 is 2.46 bits per heavy atom. The van der Waals surface area contributed by atoms with Gasteiger partial charge in [-0.3, -0.25) is 19.7 Å². The average molecular weight is 381 g/mol. The molecule has 2 aromatic carbocycles. The molecular formula is C21H23N3O4. The maximum atomic E-state index is 12.5. The molecule has 0 unspecified atom stereocenters. The number of benzene rings is 2. The summed E-state index contributed by atoms with van der Waals surface area (Å²) in [7, 11) is 0. The topological polar surface area (TPSA) is 92.6 Å². The van der Waals surface area contributed by atoms with E-state index in [0.717, 1.165) is 24.9 Å². The van der Waals surface area contributed by atoms with Crippen molar-refractivity contribution in [3.63, 3.8) is 0 Å². The normalized spacial score (nSPS) is 16.2. The first-order valence-corrected chi connectivity index (χ1v) is 9.42. The lowest BCUT2D eigenvalue weighted by molar-refractivity contribution is -0.384. The number of amides is 2. The minimum Gasteiger partial charge on any atom is -0.326 e. The molecule has 1 heterocycles. The monoisotopic (exact) mass is 381 g/mol. The summed E-state index contributed by atoms with van der Waals surface area (Å²) in [6, 6.07) is 13.6. The molecule has 146 valence electrons. The Bertz CT molecular complexity index is 862. The zero-order valence-electron chi connectivity index (χ0n) is 15.8. The highest BCUT2D eigenvalue weighted by Crippen LogP contribution is 2.27. The minimum absolute atomic E-state index is 0.0393. The van der Waals surface area contributed by atoms with Crippen LogP contribution in [0.3, 0.4) is 0 Å². The Kier molecular flexibility index (Phi) is 6.03. The molecule has 0 aromatic heterocycles. The number of unbranched alkanes of at least 4 members (excludes halogenated alkanes) is 1. The van der Waals surface area contributed by atoms with Gasteiger partial charge in [0.1, 0.15) is 0 Å². The molecule has 0 radical (unpaired) electrons. The van der Waals surface area contributed by atoms with Crippen LogP contribution in [0.2, 0.25) is 0 Å². The van der Waals surface area contributed by atoms with Crippen molar-refractivity contribution in [2.75, 3.05) is 16.8 Å². The van der Waals surface area contributed by atoms with E-state index in [9.17, 15) is 19.7 Å². The fraction of sp³-hybridized carbons (Fsp3) is 0.333. The van der Waals surface area contributed by atoms with Crippen LogP contribution in [0.25, 0.3) is 0 Å². The van der Waals surface area contributed by atoms with E-state index >= 15 is 0 Å². The molecule has 1 N–H and O–H groups in total. The first kappa shape index (κ1) is 19.5. The van der Waals surface area contributed by atoms with Gasteiger partial charge >= 0.3 is 0 Å². The highest BCUT2D eigenvalue weighted by molar-refractivity contribution is 6.03. The predicted octanol–water partition coefficient (Wildman–Crippen LogP) is 3.93. The molecule has 1 saturated heterocycles. The van der Waals surface area contributed by atoms with Crippen LogP contribution >= 0.6 is 0 Å². The van der Waals surface area contributed by atoms with E-state index in [1.807, 2.05) is 24.3 Å². The van der Waals surface area contributed by atoms with Gasteiger partial charge in [-0.05, 0) is 42.7 Å². The van der Waals surface area contributed by atoms with E-state index in [-0.39, 0.29) is 23.9 Å². The molecule has 2 aromatic rings. The van der Waals surface area contributed by atoms with Crippen LogP contribution in [-0.2, 0) is 16.0 Å². The maximum absolute atomic E-state index is 12.5. The molecule has 1 aliphatic rings. The summed E-state index contributed by atoms with van der Waals surface area (Å²) in [6.07, 6.45) is 3.44. The number of nitro groups is 1. The number of nitrogens with one attached hydrogen (secondary N) is 1. The van der Waals surface area contributed by atoms with Gasteiger partial charge in [0, 0.05) is 36.5 Å². The van der Waals surface area contributed by atoms with Gasteiger partial charge < -0.3 is 10.2 Å². The Morgan fingerprint density at radius 1 is 1.18 bits per heavy atom. The van der Waals surface area contributed by atoms with Crippen molar-refractivity contribution in [1.82, 2.24) is 0 Å². The van der Waals surface area contributed by atoms with Gasteiger partial charge in [-0.2, -0.15) is 0 Å². The van der Waals surface area contributed by atoms with E-state index in [1.165, 1.54) is 29.8 Å². The van der Waals surface area contributed by atoms with Crippen molar-refractivity contribution < 1.29 is 14.5 Å². The lowest BCUT2D eigenvalue weighted by Crippen LogP contribution is -2.28. The molecule has 0 spiro atoms. The third kappa shape index (κ3) is 4.54. The smallest absolute Gasteiger partial charge is 0.269 e. The first-order valence-electron chi connectivity index (χ1n) is 9.42. The van der Waals surface area contributed by atoms with Gasteiger partial charge in [0.25, 0.3) is 5.69 Å². The van der Waals surface area contributed by atoms with Crippen LogP contribution in [0.15, 0.2) is 48.5 Å². The number of anilines is 2. The van der Waals surface area contributed by atoms with Gasteiger partial charge in [-0.1, -0.05) is 25.5 Å². The number of hydrogen-bond donors (Lipinski definition) is 1. The minimum atomic E-state index is -0.493. The molecule has 2 amide bonds. The summed E-state index contributed by atoms with van der Waals surface area (Å²) >= 11 is 0. The number of nitrogens with zero attached hydrogens (tertiary/aromatic N) is 2. The quantitative estimate of drug-likeness (QED) is 0.581. The lowest BCUT2D eigenvalue weighted by Gasteiger charge is -2.17. The molecule has 28 heavy (non-hydrogen) atoms. The Labute approximate surface area is 163 Å². The fourth-order valence-electron chi connectivity index (χ4n) is 3.27. The largest absolute Gasteiger partial charge is 0.326 e. The van der Waals surface area contributed by atoms with E-state index in [1.54, 1.807) is 4.90 Å². The number of carbonyl (C=O) groups is 2. The summed E-state index contributed by atoms with van der Waals surface area (Å²) in [4.78, 5) is 36.7. The molecule has 0 saturated carbocycles. The first-order chi connectivity index (χ1) is 13.5. The van der Waals surface area contributed by atoms with Crippen molar-refractivity contribution in [3.05, 3.63) is 64.2 Å². The van der Waals surface area contributed by atoms with Crippen LogP contribution < -0.4 is 10.2 Å². The van der Waals surface area contributed by atoms with Crippen molar-refractivity contribution in [3.8, 4) is 0 Å². The van der Waals surface area contributed by atoms with Gasteiger partial charge in [0.2, 0.25) is 11.8 Å². The standard InChI is InChI=1S/C21H23N3O4/c1-2-3-4-15-5-9-18(10-6-15)23-14-16(13-20(23)25)21(26)22-17-7-11-19(12-8-17)24(27)28/h5-12,16H,2-4,13-14H2,1H3,(H,22,26)/t16-/m0/s1. The van der Waals surface area contributed by atoms with Crippen LogP contribution in [0.5, 0.6) is 0 Å². The second-order valence-electron chi connectivity index (χ2n) is 6.97. The highest BCUT2D eigenvalue weighted by atomic mass is 16.6. The number of rotatable bonds is 7. The zero-order valence-corrected chi connectivity index (χ0v) is 15.8. The van der Waals surface area contributed by atoms with Crippen molar-refractivity contribution in [2.24, 2.45) is 5.92 Å². The Morgan fingerprint density at radius 2 is 1.86 bits per heavy atom. The van der Waals surface area contributed by atoms with Gasteiger partial charge in [-0.25, -0.2) is 0 Å². The van der Waals surface area contributed by atoms with Gasteiger partial charge in [0.15, 0.2) is 0 Å². The number of carbonyl (C=O) groups excluding carboxylic acids is 2. The van der Waals surface area contributed by atoms with E-state index in [2.05, 4.69) is 12.2 Å². The molecule has 0 bridgehead atoms. The Balaban J connectivity index is 1.61. The van der Waals surface area contributed by atoms with E-state index in [0.29, 0.717) is 12.2 Å². The van der Waals surface area contributed by atoms with Crippen molar-refractivity contribution in [2.45, 2.75) is 32.6 Å². The second-order valence-corrected chi connectivity index (χ2v) is 6.97. The summed E-state index contributed by atoms with van der Waals surface area (Å²) < 4.78 is 0. The summed E-state index contributed by atoms with van der Waals surface area (Å²) in [6.45, 7) is 2.48. The molecule has 7 heteroatoms. The van der Waals surface area contributed by atoms with Crippen LogP contribution in [0.1, 0.15) is 31.7 Å². The van der Waals surface area contributed by atoms with Crippen LogP contribution in [-0.4, -0.2) is 23.3 Å². The predicted molar refractivity (Wildman–Crippen MR) is 107 cm³/mol. The Hall–Kier alpha value is -3.22. The second kappa shape index (κ2) is 8.65. The molecular weight excluding hydrogens is 358 g/mol. The number of non-ortho nitro benzene ring substituents is 1. The van der Waals surface area contributed by atoms with Crippen LogP contribution in [0.4, 0.5) is 17.1 Å². The van der Waals surface area contributed by atoms with Gasteiger partial charge in [0.05, 0.1) is 10.8 Å². The molecule has 1 atom stereocenters. The highest BCUT2D eigenvalue weighted by Gasteiger charge is 2.35. The molecule has 0 aliphatic carbocycles. The van der Waals surface area contributed by atoms with Crippen LogP contribution in [0, 0.1) is 16.0 Å². The van der Waals surface area contributed by atoms with Gasteiger partial charge in [-0.15, -0.1) is 0 Å². The number of nitro benzene ring substituents is 1. The number of aryl methyl sites for hydroxylation is 1.